The molecule has 0 bridgehead atoms. The molecule has 2 unspecified atom stereocenters. The van der Waals surface area contributed by atoms with E-state index in [4.69, 9.17) is 10.9 Å². The van der Waals surface area contributed by atoms with Crippen LogP contribution in [-0.4, -0.2) is 23.6 Å². The molecule has 15 heavy (non-hydrogen) atoms. The molecule has 1 aliphatic carbocycles. The van der Waals surface area contributed by atoms with Crippen LogP contribution in [0.5, 0.6) is 0 Å². The smallest absolute Gasteiger partial charge is 0.139 e. The molecule has 1 saturated carbocycles. The van der Waals surface area contributed by atoms with Gasteiger partial charge in [-0.1, -0.05) is 18.5 Å². The van der Waals surface area contributed by atoms with E-state index in [0.717, 1.165) is 25.3 Å². The highest BCUT2D eigenvalue weighted by atomic mass is 16.4. The van der Waals surface area contributed by atoms with Gasteiger partial charge in [-0.3, -0.25) is 0 Å². The second-order valence-corrected chi connectivity index (χ2v) is 4.52. The van der Waals surface area contributed by atoms with E-state index < -0.39 is 0 Å². The lowest BCUT2D eigenvalue weighted by Gasteiger charge is -2.16. The molecule has 0 amide bonds. The van der Waals surface area contributed by atoms with Crippen molar-refractivity contribution >= 4 is 5.84 Å². The van der Waals surface area contributed by atoms with Gasteiger partial charge in [-0.25, -0.2) is 0 Å². The summed E-state index contributed by atoms with van der Waals surface area (Å²) in [7, 11) is 0. The van der Waals surface area contributed by atoms with E-state index in [0.29, 0.717) is 18.3 Å². The van der Waals surface area contributed by atoms with Gasteiger partial charge in [0.1, 0.15) is 5.84 Å². The monoisotopic (exact) mass is 213 g/mol. The lowest BCUT2D eigenvalue weighted by atomic mass is 10.1. The number of unbranched alkanes of at least 4 members (excludes halogenated alkanes) is 1. The Bertz CT molecular complexity index is 206. The average molecular weight is 213 g/mol. The number of nitrogens with one attached hydrogen (secondary N) is 1. The Kier molecular flexibility index (Phi) is 5.47. The predicted octanol–water partition coefficient (Wildman–Crippen LogP) is 1.68. The van der Waals surface area contributed by atoms with Crippen LogP contribution in [0.4, 0.5) is 0 Å². The number of oxime groups is 1. The second kappa shape index (κ2) is 6.67. The number of rotatable bonds is 6. The van der Waals surface area contributed by atoms with E-state index in [-0.39, 0.29) is 0 Å². The number of amidine groups is 1. The van der Waals surface area contributed by atoms with Gasteiger partial charge in [-0.15, -0.1) is 0 Å². The molecule has 88 valence electrons. The fourth-order valence-corrected chi connectivity index (χ4v) is 2.22. The van der Waals surface area contributed by atoms with Crippen molar-refractivity contribution in [2.24, 2.45) is 16.8 Å². The minimum absolute atomic E-state index is 0.337. The molecule has 0 aromatic carbocycles. The third kappa shape index (κ3) is 4.51. The molecule has 4 N–H and O–H groups in total. The van der Waals surface area contributed by atoms with Crippen molar-refractivity contribution in [2.75, 3.05) is 6.54 Å². The molecule has 1 fully saturated rings. The third-order valence-electron chi connectivity index (χ3n) is 3.26. The molecule has 0 aromatic rings. The summed E-state index contributed by atoms with van der Waals surface area (Å²) in [6.07, 6.45) is 6.83. The molecule has 4 nitrogen and oxygen atoms in total. The van der Waals surface area contributed by atoms with Gasteiger partial charge in [-0.05, 0) is 38.1 Å². The first-order valence-corrected chi connectivity index (χ1v) is 5.94. The topological polar surface area (TPSA) is 70.6 Å². The standard InChI is InChI=1S/C11H23N3O/c1-9-5-4-6-10(9)13-8-3-2-7-11(12)14-15/h9-10,13,15H,2-8H2,1H3,(H2,12,14). The SMILES string of the molecule is CC1CCCC1NCCCCC(N)=NO. The van der Waals surface area contributed by atoms with Crippen LogP contribution in [0, 0.1) is 5.92 Å². The summed E-state index contributed by atoms with van der Waals surface area (Å²) in [5.74, 6) is 1.17. The van der Waals surface area contributed by atoms with Crippen molar-refractivity contribution < 1.29 is 5.21 Å². The Hall–Kier alpha value is -0.770. The average Bonchev–Trinajstić information content (AvgIpc) is 2.63. The van der Waals surface area contributed by atoms with E-state index in [1.807, 2.05) is 0 Å². The van der Waals surface area contributed by atoms with Gasteiger partial charge in [0.05, 0.1) is 0 Å². The summed E-state index contributed by atoms with van der Waals surface area (Å²) in [4.78, 5) is 0. The minimum Gasteiger partial charge on any atom is -0.409 e. The zero-order chi connectivity index (χ0) is 11.1. The van der Waals surface area contributed by atoms with Crippen molar-refractivity contribution in [3.05, 3.63) is 0 Å². The fraction of sp³-hybridized carbons (Fsp3) is 0.909. The van der Waals surface area contributed by atoms with Crippen molar-refractivity contribution in [1.29, 1.82) is 0 Å². The van der Waals surface area contributed by atoms with Crippen LogP contribution in [0.25, 0.3) is 0 Å². The first-order chi connectivity index (χ1) is 7.24. The van der Waals surface area contributed by atoms with Crippen LogP contribution in [0.2, 0.25) is 0 Å². The molecule has 1 aliphatic rings. The summed E-state index contributed by atoms with van der Waals surface area (Å²) in [5, 5.41) is 14.9. The van der Waals surface area contributed by atoms with E-state index in [2.05, 4.69) is 17.4 Å². The minimum atomic E-state index is 0.337. The molecule has 0 aromatic heterocycles. The largest absolute Gasteiger partial charge is 0.409 e. The van der Waals surface area contributed by atoms with Crippen molar-refractivity contribution in [1.82, 2.24) is 5.32 Å². The summed E-state index contributed by atoms with van der Waals surface area (Å²) in [6.45, 7) is 3.37. The zero-order valence-corrected chi connectivity index (χ0v) is 9.58. The third-order valence-corrected chi connectivity index (χ3v) is 3.26. The summed E-state index contributed by atoms with van der Waals surface area (Å²) >= 11 is 0. The van der Waals surface area contributed by atoms with Crippen LogP contribution < -0.4 is 11.1 Å². The number of nitrogens with zero attached hydrogens (tertiary/aromatic N) is 1. The molecule has 1 rings (SSSR count). The highest BCUT2D eigenvalue weighted by Crippen LogP contribution is 2.24. The van der Waals surface area contributed by atoms with E-state index >= 15 is 0 Å². The highest BCUT2D eigenvalue weighted by Gasteiger charge is 2.21. The fourth-order valence-electron chi connectivity index (χ4n) is 2.22. The highest BCUT2D eigenvalue weighted by molar-refractivity contribution is 5.79. The normalized spacial score (nSPS) is 27.1. The van der Waals surface area contributed by atoms with Gasteiger partial charge in [0, 0.05) is 12.5 Å². The molecule has 0 heterocycles. The van der Waals surface area contributed by atoms with Gasteiger partial charge < -0.3 is 16.3 Å². The first kappa shape index (κ1) is 12.3. The molecule has 4 heteroatoms. The second-order valence-electron chi connectivity index (χ2n) is 4.52. The van der Waals surface area contributed by atoms with Crippen LogP contribution in [0.1, 0.15) is 45.4 Å². The van der Waals surface area contributed by atoms with Crippen molar-refractivity contribution in [2.45, 2.75) is 51.5 Å². The Labute approximate surface area is 91.9 Å². The maximum absolute atomic E-state index is 8.35. The Morgan fingerprint density at radius 3 is 2.87 bits per heavy atom. The van der Waals surface area contributed by atoms with E-state index in [9.17, 15) is 0 Å². The zero-order valence-electron chi connectivity index (χ0n) is 9.58. The molecule has 0 saturated heterocycles. The van der Waals surface area contributed by atoms with Crippen LogP contribution in [0.3, 0.4) is 0 Å². The van der Waals surface area contributed by atoms with Gasteiger partial charge in [0.2, 0.25) is 0 Å². The van der Waals surface area contributed by atoms with Gasteiger partial charge in [-0.2, -0.15) is 0 Å². The van der Waals surface area contributed by atoms with E-state index in [1.54, 1.807) is 0 Å². The summed E-state index contributed by atoms with van der Waals surface area (Å²) in [5.41, 5.74) is 5.38. The lowest BCUT2D eigenvalue weighted by Crippen LogP contribution is -2.31. The molecular weight excluding hydrogens is 190 g/mol. The Morgan fingerprint density at radius 2 is 2.27 bits per heavy atom. The molecule has 0 aliphatic heterocycles. The Morgan fingerprint density at radius 1 is 1.47 bits per heavy atom. The van der Waals surface area contributed by atoms with Gasteiger partial charge >= 0.3 is 0 Å². The van der Waals surface area contributed by atoms with Crippen molar-refractivity contribution in [3.8, 4) is 0 Å². The lowest BCUT2D eigenvalue weighted by molar-refractivity contribution is 0.316. The summed E-state index contributed by atoms with van der Waals surface area (Å²) in [6, 6.07) is 0.717. The molecule has 2 atom stereocenters. The number of nitrogens with two attached hydrogens (primary N) is 1. The van der Waals surface area contributed by atoms with Crippen molar-refractivity contribution in [3.63, 3.8) is 0 Å². The molecular formula is C11H23N3O. The quantitative estimate of drug-likeness (QED) is 0.207. The number of hydrogen-bond donors (Lipinski definition) is 3. The van der Waals surface area contributed by atoms with Crippen LogP contribution in [0.15, 0.2) is 5.16 Å². The van der Waals surface area contributed by atoms with Gasteiger partial charge in [0.15, 0.2) is 0 Å². The maximum Gasteiger partial charge on any atom is 0.139 e. The van der Waals surface area contributed by atoms with Crippen LogP contribution >= 0.6 is 0 Å². The predicted molar refractivity (Wildman–Crippen MR) is 62.1 cm³/mol. The summed E-state index contributed by atoms with van der Waals surface area (Å²) < 4.78 is 0. The maximum atomic E-state index is 8.35. The van der Waals surface area contributed by atoms with Gasteiger partial charge in [0.25, 0.3) is 0 Å². The van der Waals surface area contributed by atoms with E-state index in [1.165, 1.54) is 19.3 Å². The molecule has 0 spiro atoms. The first-order valence-electron chi connectivity index (χ1n) is 5.94. The van der Waals surface area contributed by atoms with Crippen LogP contribution in [-0.2, 0) is 0 Å². The Balaban J connectivity index is 1.97. The molecule has 0 radical (unpaired) electrons. The number of hydrogen-bond acceptors (Lipinski definition) is 3.